The SMILES string of the molecule is COc1ccc(Nc2cc(NC#N)ncn2)cc1C. The van der Waals surface area contributed by atoms with Crippen LogP contribution >= 0.6 is 0 Å². The van der Waals surface area contributed by atoms with E-state index in [1.54, 1.807) is 13.2 Å². The first-order chi connectivity index (χ1) is 9.22. The minimum absolute atomic E-state index is 0.449. The van der Waals surface area contributed by atoms with Crippen molar-refractivity contribution < 1.29 is 4.74 Å². The molecule has 96 valence electrons. The second-order valence-electron chi connectivity index (χ2n) is 3.83. The molecule has 2 N–H and O–H groups in total. The first-order valence-electron chi connectivity index (χ1n) is 5.61. The molecule has 0 saturated carbocycles. The minimum atomic E-state index is 0.449. The lowest BCUT2D eigenvalue weighted by molar-refractivity contribution is 0.412. The number of ether oxygens (including phenoxy) is 1. The largest absolute Gasteiger partial charge is 0.496 e. The second-order valence-corrected chi connectivity index (χ2v) is 3.83. The molecule has 1 aromatic carbocycles. The highest BCUT2D eigenvalue weighted by molar-refractivity contribution is 5.61. The Bertz CT molecular complexity index is 621. The fourth-order valence-corrected chi connectivity index (χ4v) is 1.66. The topological polar surface area (TPSA) is 82.9 Å². The summed E-state index contributed by atoms with van der Waals surface area (Å²) < 4.78 is 5.20. The number of aryl methyl sites for hydroxylation is 1. The van der Waals surface area contributed by atoms with E-state index in [1.807, 2.05) is 31.3 Å². The quantitative estimate of drug-likeness (QED) is 0.645. The average molecular weight is 255 g/mol. The molecule has 2 aromatic rings. The van der Waals surface area contributed by atoms with Crippen molar-refractivity contribution in [3.8, 4) is 11.9 Å². The molecule has 1 aromatic heterocycles. The number of hydrogen-bond donors (Lipinski definition) is 2. The van der Waals surface area contributed by atoms with Gasteiger partial charge < -0.3 is 10.1 Å². The van der Waals surface area contributed by atoms with Gasteiger partial charge in [-0.1, -0.05) is 0 Å². The molecule has 6 heteroatoms. The van der Waals surface area contributed by atoms with Gasteiger partial charge in [0.15, 0.2) is 6.19 Å². The van der Waals surface area contributed by atoms with Crippen molar-refractivity contribution in [3.63, 3.8) is 0 Å². The molecule has 19 heavy (non-hydrogen) atoms. The molecule has 0 bridgehead atoms. The molecule has 0 radical (unpaired) electrons. The molecule has 0 aliphatic rings. The highest BCUT2D eigenvalue weighted by Crippen LogP contribution is 2.23. The van der Waals surface area contributed by atoms with Gasteiger partial charge in [-0.25, -0.2) is 9.97 Å². The van der Waals surface area contributed by atoms with Crippen LogP contribution in [0.2, 0.25) is 0 Å². The third-order valence-corrected chi connectivity index (χ3v) is 2.52. The van der Waals surface area contributed by atoms with Crippen molar-refractivity contribution in [2.75, 3.05) is 17.7 Å². The summed E-state index contributed by atoms with van der Waals surface area (Å²) in [6, 6.07) is 7.39. The van der Waals surface area contributed by atoms with Crippen LogP contribution in [0.1, 0.15) is 5.56 Å². The van der Waals surface area contributed by atoms with Gasteiger partial charge in [0.05, 0.1) is 7.11 Å². The van der Waals surface area contributed by atoms with Crippen LogP contribution in [-0.2, 0) is 0 Å². The maximum Gasteiger partial charge on any atom is 0.182 e. The van der Waals surface area contributed by atoms with Crippen LogP contribution in [0, 0.1) is 18.4 Å². The molecule has 1 heterocycles. The van der Waals surface area contributed by atoms with E-state index in [9.17, 15) is 0 Å². The number of methoxy groups -OCH3 is 1. The number of nitrogens with zero attached hydrogens (tertiary/aromatic N) is 3. The summed E-state index contributed by atoms with van der Waals surface area (Å²) in [6.45, 7) is 1.96. The number of hydrogen-bond acceptors (Lipinski definition) is 6. The van der Waals surface area contributed by atoms with Gasteiger partial charge in [0, 0.05) is 11.8 Å². The number of nitrogens with one attached hydrogen (secondary N) is 2. The van der Waals surface area contributed by atoms with Crippen LogP contribution in [0.5, 0.6) is 5.75 Å². The minimum Gasteiger partial charge on any atom is -0.496 e. The van der Waals surface area contributed by atoms with Gasteiger partial charge in [-0.15, -0.1) is 0 Å². The van der Waals surface area contributed by atoms with Crippen molar-refractivity contribution >= 4 is 17.3 Å². The van der Waals surface area contributed by atoms with Crippen LogP contribution in [0.4, 0.5) is 17.3 Å². The molecule has 2 rings (SSSR count). The third kappa shape index (κ3) is 3.10. The van der Waals surface area contributed by atoms with E-state index in [0.29, 0.717) is 11.6 Å². The van der Waals surface area contributed by atoms with E-state index in [4.69, 9.17) is 10.00 Å². The van der Waals surface area contributed by atoms with E-state index < -0.39 is 0 Å². The summed E-state index contributed by atoms with van der Waals surface area (Å²) in [6.07, 6.45) is 3.20. The Labute approximate surface area is 111 Å². The van der Waals surface area contributed by atoms with E-state index in [2.05, 4.69) is 20.6 Å². The number of aromatic nitrogens is 2. The second kappa shape index (κ2) is 5.69. The van der Waals surface area contributed by atoms with E-state index >= 15 is 0 Å². The zero-order valence-corrected chi connectivity index (χ0v) is 10.6. The Hall–Kier alpha value is -2.81. The van der Waals surface area contributed by atoms with Crippen molar-refractivity contribution in [1.29, 1.82) is 5.26 Å². The van der Waals surface area contributed by atoms with Crippen LogP contribution < -0.4 is 15.4 Å². The predicted octanol–water partition coefficient (Wildman–Crippen LogP) is 2.43. The third-order valence-electron chi connectivity index (χ3n) is 2.52. The molecule has 0 amide bonds. The van der Waals surface area contributed by atoms with E-state index in [1.165, 1.54) is 6.33 Å². The van der Waals surface area contributed by atoms with Gasteiger partial charge in [0.1, 0.15) is 23.7 Å². The fourth-order valence-electron chi connectivity index (χ4n) is 1.66. The number of benzene rings is 1. The highest BCUT2D eigenvalue weighted by Gasteiger charge is 2.02. The first kappa shape index (κ1) is 12.6. The Morgan fingerprint density at radius 1 is 1.21 bits per heavy atom. The van der Waals surface area contributed by atoms with Crippen molar-refractivity contribution in [1.82, 2.24) is 9.97 Å². The summed E-state index contributed by atoms with van der Waals surface area (Å²) in [5.41, 5.74) is 1.91. The van der Waals surface area contributed by atoms with Crippen molar-refractivity contribution in [3.05, 3.63) is 36.2 Å². The summed E-state index contributed by atoms with van der Waals surface area (Å²) in [7, 11) is 1.64. The first-order valence-corrected chi connectivity index (χ1v) is 5.61. The maximum atomic E-state index is 8.54. The lowest BCUT2D eigenvalue weighted by atomic mass is 10.2. The molecule has 0 aliphatic carbocycles. The lowest BCUT2D eigenvalue weighted by Gasteiger charge is -2.09. The van der Waals surface area contributed by atoms with Gasteiger partial charge >= 0.3 is 0 Å². The highest BCUT2D eigenvalue weighted by atomic mass is 16.5. The molecule has 0 saturated heterocycles. The van der Waals surface area contributed by atoms with Crippen LogP contribution in [0.3, 0.4) is 0 Å². The van der Waals surface area contributed by atoms with Crippen LogP contribution in [0.15, 0.2) is 30.6 Å². The van der Waals surface area contributed by atoms with Gasteiger partial charge in [0.25, 0.3) is 0 Å². The average Bonchev–Trinajstić information content (AvgIpc) is 2.40. The molecular formula is C13H13N5O. The van der Waals surface area contributed by atoms with E-state index in [-0.39, 0.29) is 0 Å². The van der Waals surface area contributed by atoms with Crippen molar-refractivity contribution in [2.24, 2.45) is 0 Å². The Morgan fingerprint density at radius 2 is 2.00 bits per heavy atom. The summed E-state index contributed by atoms with van der Waals surface area (Å²) in [5, 5.41) is 14.1. The fraction of sp³-hybridized carbons (Fsp3) is 0.154. The maximum absolute atomic E-state index is 8.54. The molecule has 0 fully saturated rings. The number of nitriles is 1. The number of anilines is 3. The van der Waals surface area contributed by atoms with Crippen molar-refractivity contribution in [2.45, 2.75) is 6.92 Å². The monoisotopic (exact) mass is 255 g/mol. The van der Waals surface area contributed by atoms with Gasteiger partial charge in [-0.05, 0) is 30.7 Å². The zero-order valence-electron chi connectivity index (χ0n) is 10.6. The van der Waals surface area contributed by atoms with E-state index in [0.717, 1.165) is 17.0 Å². The zero-order chi connectivity index (χ0) is 13.7. The smallest absolute Gasteiger partial charge is 0.182 e. The summed E-state index contributed by atoms with van der Waals surface area (Å²) in [5.74, 6) is 1.89. The molecule has 0 aliphatic heterocycles. The lowest BCUT2D eigenvalue weighted by Crippen LogP contribution is -1.98. The van der Waals surface area contributed by atoms with Gasteiger partial charge in [-0.2, -0.15) is 5.26 Å². The van der Waals surface area contributed by atoms with Crippen LogP contribution in [-0.4, -0.2) is 17.1 Å². The van der Waals surface area contributed by atoms with Crippen LogP contribution in [0.25, 0.3) is 0 Å². The predicted molar refractivity (Wildman–Crippen MR) is 72.3 cm³/mol. The standard InChI is InChI=1S/C13H13N5O/c1-9-5-10(3-4-11(9)19-2)18-13-6-12(15-7-14)16-8-17-13/h3-6,8H,1-2H3,(H2,15,16,17,18). The number of rotatable bonds is 4. The molecule has 0 atom stereocenters. The Balaban J connectivity index is 2.19. The summed E-state index contributed by atoms with van der Waals surface area (Å²) >= 11 is 0. The van der Waals surface area contributed by atoms with Gasteiger partial charge in [-0.3, -0.25) is 5.32 Å². The summed E-state index contributed by atoms with van der Waals surface area (Å²) in [4.78, 5) is 8.00. The van der Waals surface area contributed by atoms with Gasteiger partial charge in [0.2, 0.25) is 0 Å². The molecule has 0 spiro atoms. The Kier molecular flexibility index (Phi) is 3.78. The Morgan fingerprint density at radius 3 is 2.68 bits per heavy atom. The molecular weight excluding hydrogens is 242 g/mol. The normalized spacial score (nSPS) is 9.53. The molecule has 6 nitrogen and oxygen atoms in total. The molecule has 0 unspecified atom stereocenters.